The molecule has 2 N–H and O–H groups in total. The highest BCUT2D eigenvalue weighted by molar-refractivity contribution is 5.91. The van der Waals surface area contributed by atoms with Crippen molar-refractivity contribution < 1.29 is 23.9 Å². The summed E-state index contributed by atoms with van der Waals surface area (Å²) in [4.78, 5) is 40.8. The lowest BCUT2D eigenvalue weighted by Crippen LogP contribution is -2.33. The van der Waals surface area contributed by atoms with Crippen LogP contribution in [0.3, 0.4) is 0 Å². The van der Waals surface area contributed by atoms with Crippen LogP contribution in [-0.2, 0) is 9.53 Å². The van der Waals surface area contributed by atoms with Crippen LogP contribution < -0.4 is 15.4 Å². The van der Waals surface area contributed by atoms with Crippen LogP contribution in [0.5, 0.6) is 5.75 Å². The van der Waals surface area contributed by atoms with E-state index in [1.54, 1.807) is 24.3 Å². The number of anilines is 2. The Hall–Kier alpha value is -4.02. The molecule has 2 aromatic rings. The van der Waals surface area contributed by atoms with E-state index >= 15 is 0 Å². The molecule has 0 radical (unpaired) electrons. The Labute approximate surface area is 179 Å². The standard InChI is InChI=1S/C20H24N6O5/c1-5-26(6-2)20(29)31-16-10-8-7-9-14(16)24-25-15-11-12-17(23-19(28)30-4)22-18(15)21-13(3)27/h7-12H,5-6H2,1-4H3,(H2,21,22,23,27,28). The van der Waals surface area contributed by atoms with E-state index in [4.69, 9.17) is 4.74 Å². The molecule has 3 amide bonds. The third-order valence-electron chi connectivity index (χ3n) is 3.93. The second kappa shape index (κ2) is 11.2. The van der Waals surface area contributed by atoms with E-state index < -0.39 is 12.2 Å². The van der Waals surface area contributed by atoms with Crippen molar-refractivity contribution in [2.45, 2.75) is 20.8 Å². The van der Waals surface area contributed by atoms with Gasteiger partial charge in [0.1, 0.15) is 17.2 Å². The second-order valence-corrected chi connectivity index (χ2v) is 6.07. The fourth-order valence-corrected chi connectivity index (χ4v) is 2.39. The van der Waals surface area contributed by atoms with Gasteiger partial charge in [0.05, 0.1) is 7.11 Å². The van der Waals surface area contributed by atoms with E-state index in [-0.39, 0.29) is 29.0 Å². The summed E-state index contributed by atoms with van der Waals surface area (Å²) in [5, 5.41) is 13.2. The largest absolute Gasteiger partial charge is 0.453 e. The van der Waals surface area contributed by atoms with Gasteiger partial charge < -0.3 is 19.7 Å². The van der Waals surface area contributed by atoms with E-state index in [1.807, 2.05) is 13.8 Å². The predicted octanol–water partition coefficient (Wildman–Crippen LogP) is 4.47. The van der Waals surface area contributed by atoms with Crippen LogP contribution >= 0.6 is 0 Å². The van der Waals surface area contributed by atoms with E-state index in [9.17, 15) is 14.4 Å². The van der Waals surface area contributed by atoms with Crippen molar-refractivity contribution in [1.82, 2.24) is 9.88 Å². The fraction of sp³-hybridized carbons (Fsp3) is 0.300. The van der Waals surface area contributed by atoms with Gasteiger partial charge in [0.15, 0.2) is 11.6 Å². The Balaban J connectivity index is 2.31. The number of azo groups is 1. The quantitative estimate of drug-likeness (QED) is 0.625. The maximum absolute atomic E-state index is 12.3. The lowest BCUT2D eigenvalue weighted by molar-refractivity contribution is -0.114. The molecule has 11 heteroatoms. The number of benzene rings is 1. The number of nitrogens with one attached hydrogen (secondary N) is 2. The van der Waals surface area contributed by atoms with Crippen molar-refractivity contribution in [2.75, 3.05) is 30.8 Å². The highest BCUT2D eigenvalue weighted by Crippen LogP contribution is 2.31. The normalized spacial score (nSPS) is 10.5. The number of carbonyl (C=O) groups is 3. The predicted molar refractivity (Wildman–Crippen MR) is 114 cm³/mol. The Morgan fingerprint density at radius 3 is 2.32 bits per heavy atom. The smallest absolute Gasteiger partial charge is 0.415 e. The number of nitrogens with zero attached hydrogens (tertiary/aromatic N) is 4. The SMILES string of the molecule is CCN(CC)C(=O)Oc1ccccc1N=Nc1ccc(NC(=O)OC)nc1NC(C)=O. The maximum atomic E-state index is 12.3. The molecule has 0 saturated carbocycles. The number of para-hydroxylation sites is 1. The first-order valence-electron chi connectivity index (χ1n) is 9.49. The minimum absolute atomic E-state index is 0.0859. The zero-order valence-electron chi connectivity index (χ0n) is 17.7. The van der Waals surface area contributed by atoms with Gasteiger partial charge in [-0.3, -0.25) is 10.1 Å². The topological polar surface area (TPSA) is 135 Å². The molecule has 31 heavy (non-hydrogen) atoms. The van der Waals surface area contributed by atoms with Crippen LogP contribution in [0.2, 0.25) is 0 Å². The number of aromatic nitrogens is 1. The average molecular weight is 428 g/mol. The van der Waals surface area contributed by atoms with Gasteiger partial charge in [-0.15, -0.1) is 10.2 Å². The number of carbonyl (C=O) groups excluding carboxylic acids is 3. The molecule has 0 saturated heterocycles. The Morgan fingerprint density at radius 1 is 1.00 bits per heavy atom. The Kier molecular flexibility index (Phi) is 8.43. The van der Waals surface area contributed by atoms with Gasteiger partial charge in [-0.1, -0.05) is 12.1 Å². The summed E-state index contributed by atoms with van der Waals surface area (Å²) in [5.74, 6) is 0.0970. The zero-order valence-corrected chi connectivity index (χ0v) is 17.7. The van der Waals surface area contributed by atoms with Gasteiger partial charge in [-0.05, 0) is 38.1 Å². The summed E-state index contributed by atoms with van der Waals surface area (Å²) in [6.45, 7) is 6.04. The van der Waals surface area contributed by atoms with Crippen molar-refractivity contribution in [1.29, 1.82) is 0 Å². The van der Waals surface area contributed by atoms with Crippen LogP contribution in [0.4, 0.5) is 32.6 Å². The molecule has 0 aliphatic carbocycles. The molecule has 1 aromatic carbocycles. The molecule has 2 rings (SSSR count). The van der Waals surface area contributed by atoms with Gasteiger partial charge in [0.25, 0.3) is 0 Å². The third-order valence-corrected chi connectivity index (χ3v) is 3.93. The highest BCUT2D eigenvalue weighted by atomic mass is 16.6. The first-order valence-corrected chi connectivity index (χ1v) is 9.49. The number of rotatable bonds is 7. The minimum atomic E-state index is -0.709. The molecule has 0 aliphatic rings. The summed E-state index contributed by atoms with van der Waals surface area (Å²) in [6, 6.07) is 9.65. The second-order valence-electron chi connectivity index (χ2n) is 6.07. The summed E-state index contributed by atoms with van der Waals surface area (Å²) in [7, 11) is 1.22. The Morgan fingerprint density at radius 2 is 1.68 bits per heavy atom. The zero-order chi connectivity index (χ0) is 22.8. The van der Waals surface area contributed by atoms with E-state index in [0.29, 0.717) is 18.8 Å². The van der Waals surface area contributed by atoms with Crippen LogP contribution in [0.25, 0.3) is 0 Å². The summed E-state index contributed by atoms with van der Waals surface area (Å²) < 4.78 is 9.96. The molecule has 0 unspecified atom stereocenters. The monoisotopic (exact) mass is 428 g/mol. The maximum Gasteiger partial charge on any atom is 0.415 e. The van der Waals surface area contributed by atoms with Crippen LogP contribution in [0.15, 0.2) is 46.6 Å². The van der Waals surface area contributed by atoms with Crippen molar-refractivity contribution in [3.63, 3.8) is 0 Å². The molecule has 1 aromatic heterocycles. The van der Waals surface area contributed by atoms with Crippen LogP contribution in [0, 0.1) is 0 Å². The van der Waals surface area contributed by atoms with Crippen LogP contribution in [0.1, 0.15) is 20.8 Å². The van der Waals surface area contributed by atoms with E-state index in [0.717, 1.165) is 0 Å². The van der Waals surface area contributed by atoms with E-state index in [1.165, 1.54) is 31.1 Å². The number of hydrogen-bond acceptors (Lipinski definition) is 8. The summed E-state index contributed by atoms with van der Waals surface area (Å²) >= 11 is 0. The third kappa shape index (κ3) is 6.77. The molecular weight excluding hydrogens is 404 g/mol. The molecule has 11 nitrogen and oxygen atoms in total. The molecule has 0 aliphatic heterocycles. The van der Waals surface area contributed by atoms with Gasteiger partial charge in [0, 0.05) is 20.0 Å². The number of hydrogen-bond donors (Lipinski definition) is 2. The summed E-state index contributed by atoms with van der Waals surface area (Å²) in [5.41, 5.74) is 0.545. The van der Waals surface area contributed by atoms with Crippen molar-refractivity contribution in [2.24, 2.45) is 10.2 Å². The van der Waals surface area contributed by atoms with Gasteiger partial charge in [0.2, 0.25) is 5.91 Å². The van der Waals surface area contributed by atoms with Gasteiger partial charge in [-0.25, -0.2) is 14.6 Å². The average Bonchev–Trinajstić information content (AvgIpc) is 2.74. The number of amides is 3. The van der Waals surface area contributed by atoms with Crippen molar-refractivity contribution in [3.05, 3.63) is 36.4 Å². The van der Waals surface area contributed by atoms with E-state index in [2.05, 4.69) is 30.6 Å². The van der Waals surface area contributed by atoms with Gasteiger partial charge >= 0.3 is 12.2 Å². The van der Waals surface area contributed by atoms with Crippen molar-refractivity contribution in [3.8, 4) is 5.75 Å². The van der Waals surface area contributed by atoms with Crippen molar-refractivity contribution >= 4 is 41.1 Å². The molecule has 164 valence electrons. The first-order chi connectivity index (χ1) is 14.9. The highest BCUT2D eigenvalue weighted by Gasteiger charge is 2.15. The number of methoxy groups -OCH3 is 1. The molecule has 0 atom stereocenters. The number of pyridine rings is 1. The van der Waals surface area contributed by atoms with Gasteiger partial charge in [-0.2, -0.15) is 0 Å². The lowest BCUT2D eigenvalue weighted by atomic mass is 10.3. The molecule has 1 heterocycles. The lowest BCUT2D eigenvalue weighted by Gasteiger charge is -2.18. The first kappa shape index (κ1) is 23.3. The molecule has 0 bridgehead atoms. The molecule has 0 fully saturated rings. The fourth-order valence-electron chi connectivity index (χ4n) is 2.39. The minimum Gasteiger partial charge on any atom is -0.453 e. The molecule has 0 spiro atoms. The summed E-state index contributed by atoms with van der Waals surface area (Å²) in [6.07, 6.45) is -1.20. The molecular formula is C20H24N6O5. The number of ether oxygens (including phenoxy) is 2. The Bertz CT molecular complexity index is 974. The van der Waals surface area contributed by atoms with Crippen LogP contribution in [-0.4, -0.2) is 48.2 Å².